The van der Waals surface area contributed by atoms with Crippen LogP contribution in [0.2, 0.25) is 0 Å². The number of hydrogen-bond acceptors (Lipinski definition) is 8. The van der Waals surface area contributed by atoms with Crippen molar-refractivity contribution < 1.29 is 19.8 Å². The number of aromatic nitrogens is 4. The molecular formula is C10H6MgN4O8. The fourth-order valence-electron chi connectivity index (χ4n) is 1.16. The molecule has 4 N–H and O–H groups in total. The second-order valence-corrected chi connectivity index (χ2v) is 3.58. The fourth-order valence-corrected chi connectivity index (χ4v) is 1.16. The molecule has 0 amide bonds. The van der Waals surface area contributed by atoms with Crippen LogP contribution in [0.4, 0.5) is 0 Å². The van der Waals surface area contributed by atoms with Crippen molar-refractivity contribution in [2.45, 2.75) is 0 Å². The van der Waals surface area contributed by atoms with Crippen molar-refractivity contribution in [2.24, 2.45) is 0 Å². The van der Waals surface area contributed by atoms with Crippen molar-refractivity contribution in [1.29, 1.82) is 0 Å². The van der Waals surface area contributed by atoms with Crippen molar-refractivity contribution in [2.75, 3.05) is 0 Å². The topological polar surface area (TPSA) is 212 Å². The van der Waals surface area contributed by atoms with Crippen LogP contribution < -0.4 is 32.7 Å². The zero-order valence-corrected chi connectivity index (χ0v) is 12.5. The van der Waals surface area contributed by atoms with Crippen molar-refractivity contribution in [1.82, 2.24) is 19.9 Å². The van der Waals surface area contributed by atoms with Gasteiger partial charge in [-0.25, -0.2) is 9.59 Å². The Morgan fingerprint density at radius 2 is 1.00 bits per heavy atom. The summed E-state index contributed by atoms with van der Waals surface area (Å²) in [6.45, 7) is 0. The molecule has 2 aromatic heterocycles. The van der Waals surface area contributed by atoms with E-state index in [0.717, 1.165) is 12.1 Å². The first-order chi connectivity index (χ1) is 10.2. The van der Waals surface area contributed by atoms with Gasteiger partial charge < -0.3 is 29.8 Å². The summed E-state index contributed by atoms with van der Waals surface area (Å²) < 4.78 is 0. The summed E-state index contributed by atoms with van der Waals surface area (Å²) in [6.07, 6.45) is 0. The number of rotatable bonds is 2. The normalized spacial score (nSPS) is 9.04. The molecule has 116 valence electrons. The molecule has 0 spiro atoms. The monoisotopic (exact) mass is 334 g/mol. The Bertz CT molecular complexity index is 803. The first-order valence-corrected chi connectivity index (χ1v) is 5.29. The number of carboxylic acids is 2. The summed E-state index contributed by atoms with van der Waals surface area (Å²) >= 11 is 0. The molecule has 0 fully saturated rings. The first kappa shape index (κ1) is 20.1. The Kier molecular flexibility index (Phi) is 7.41. The molecule has 0 unspecified atom stereocenters. The average molecular weight is 334 g/mol. The first-order valence-electron chi connectivity index (χ1n) is 5.29. The summed E-state index contributed by atoms with van der Waals surface area (Å²) in [6, 6.07) is 1.47. The number of carbonyl (C=O) groups is 2. The summed E-state index contributed by atoms with van der Waals surface area (Å²) in [5, 5.41) is 20.1. The molecule has 0 aliphatic rings. The van der Waals surface area contributed by atoms with Crippen molar-refractivity contribution in [3.63, 3.8) is 0 Å². The Labute approximate surface area is 140 Å². The van der Waals surface area contributed by atoms with Gasteiger partial charge in [0.25, 0.3) is 11.1 Å². The van der Waals surface area contributed by atoms with Gasteiger partial charge in [-0.15, -0.1) is 0 Å². The van der Waals surface area contributed by atoms with E-state index in [1.165, 1.54) is 0 Å². The second-order valence-electron chi connectivity index (χ2n) is 3.58. The van der Waals surface area contributed by atoms with E-state index >= 15 is 0 Å². The van der Waals surface area contributed by atoms with E-state index in [-0.39, 0.29) is 23.1 Å². The van der Waals surface area contributed by atoms with E-state index in [1.807, 2.05) is 19.9 Å². The van der Waals surface area contributed by atoms with E-state index < -0.39 is 45.8 Å². The zero-order valence-electron chi connectivity index (χ0n) is 11.1. The van der Waals surface area contributed by atoms with E-state index in [9.17, 15) is 39.0 Å². The summed E-state index contributed by atoms with van der Waals surface area (Å²) in [4.78, 5) is 69.2. The molecule has 0 bridgehead atoms. The minimum absolute atomic E-state index is 0. The molecule has 0 saturated heterocycles. The summed E-state index contributed by atoms with van der Waals surface area (Å²) in [5.41, 5.74) is -4.33. The number of carbonyl (C=O) groups excluding carboxylic acids is 2. The van der Waals surface area contributed by atoms with Gasteiger partial charge in [0.05, 0.1) is 23.3 Å². The zero-order chi connectivity index (χ0) is 16.9. The molecular weight excluding hydrogens is 328 g/mol. The number of aromatic carboxylic acids is 2. The molecule has 0 atom stereocenters. The molecule has 2 aromatic rings. The molecule has 0 aromatic carbocycles. The maximum absolute atomic E-state index is 10.4. The van der Waals surface area contributed by atoms with Crippen molar-refractivity contribution >= 4 is 35.0 Å². The van der Waals surface area contributed by atoms with E-state index in [0.29, 0.717) is 0 Å². The van der Waals surface area contributed by atoms with Gasteiger partial charge in [-0.2, -0.15) is 0 Å². The molecule has 23 heavy (non-hydrogen) atoms. The predicted molar refractivity (Wildman–Crippen MR) is 69.8 cm³/mol. The Morgan fingerprint density at radius 1 is 0.696 bits per heavy atom. The SMILES string of the molecule is O=C([O-])c1cc(=O)[nH]c(=O)[nH]1.O=C([O-])c1cc(=O)[nH]c(=O)[nH]1.[Mg+2]. The van der Waals surface area contributed by atoms with Gasteiger partial charge in [0.1, 0.15) is 0 Å². The maximum Gasteiger partial charge on any atom is 2.00 e. The standard InChI is InChI=1S/2C5H4N2O4.Mg/c2*8-3-1-2(4(9)10)6-5(11)7-3;/h2*1H,(H,9,10)(H2,6,7,8,11);/q;;+2/p-2. The third-order valence-corrected chi connectivity index (χ3v) is 1.96. The van der Waals surface area contributed by atoms with E-state index in [1.54, 1.807) is 0 Å². The molecule has 0 aliphatic heterocycles. The van der Waals surface area contributed by atoms with Crippen LogP contribution in [-0.4, -0.2) is 54.9 Å². The van der Waals surface area contributed by atoms with Gasteiger partial charge in [-0.1, -0.05) is 0 Å². The Morgan fingerprint density at radius 3 is 1.22 bits per heavy atom. The number of carboxylic acid groups (broad SMARTS) is 2. The van der Waals surface area contributed by atoms with Crippen LogP contribution in [0.5, 0.6) is 0 Å². The summed E-state index contributed by atoms with van der Waals surface area (Å²) in [5.74, 6) is -3.18. The molecule has 0 aliphatic carbocycles. The van der Waals surface area contributed by atoms with Crippen LogP contribution in [-0.2, 0) is 0 Å². The van der Waals surface area contributed by atoms with Gasteiger partial charge in [0.15, 0.2) is 0 Å². The Hall–Kier alpha value is -2.93. The largest absolute Gasteiger partial charge is 2.00 e. The van der Waals surface area contributed by atoms with Crippen LogP contribution in [0.15, 0.2) is 31.3 Å². The molecule has 13 heteroatoms. The van der Waals surface area contributed by atoms with Gasteiger partial charge in [0.2, 0.25) is 0 Å². The number of hydrogen-bond donors (Lipinski definition) is 4. The van der Waals surface area contributed by atoms with Crippen molar-refractivity contribution in [3.8, 4) is 0 Å². The molecule has 0 saturated carbocycles. The molecule has 2 rings (SSSR count). The van der Waals surface area contributed by atoms with Crippen LogP contribution in [0.25, 0.3) is 0 Å². The van der Waals surface area contributed by atoms with Crippen LogP contribution in [0.1, 0.15) is 21.0 Å². The summed E-state index contributed by atoms with van der Waals surface area (Å²) in [7, 11) is 0. The van der Waals surface area contributed by atoms with E-state index in [4.69, 9.17) is 0 Å². The van der Waals surface area contributed by atoms with Crippen molar-refractivity contribution in [3.05, 3.63) is 65.2 Å². The van der Waals surface area contributed by atoms with Crippen LogP contribution >= 0.6 is 0 Å². The number of aromatic amines is 4. The minimum atomic E-state index is -1.59. The Balaban J connectivity index is 0.000000403. The van der Waals surface area contributed by atoms with Crippen LogP contribution in [0, 0.1) is 0 Å². The van der Waals surface area contributed by atoms with Gasteiger partial charge in [-0.3, -0.25) is 19.6 Å². The third-order valence-electron chi connectivity index (χ3n) is 1.96. The van der Waals surface area contributed by atoms with Crippen LogP contribution in [0.3, 0.4) is 0 Å². The molecule has 2 heterocycles. The maximum atomic E-state index is 10.4. The molecule has 12 nitrogen and oxygen atoms in total. The minimum Gasteiger partial charge on any atom is -0.543 e. The average Bonchev–Trinajstić information content (AvgIpc) is 2.37. The third kappa shape index (κ3) is 6.57. The van der Waals surface area contributed by atoms with E-state index in [2.05, 4.69) is 0 Å². The van der Waals surface area contributed by atoms with Gasteiger partial charge >= 0.3 is 34.4 Å². The fraction of sp³-hybridized carbons (Fsp3) is 0. The van der Waals surface area contributed by atoms with Gasteiger partial charge in [-0.05, 0) is 0 Å². The molecule has 0 radical (unpaired) electrons. The number of nitrogens with one attached hydrogen (secondary N) is 4. The predicted octanol–water partition coefficient (Wildman–Crippen LogP) is -5.53. The van der Waals surface area contributed by atoms with Gasteiger partial charge in [0, 0.05) is 12.1 Å². The quantitative estimate of drug-likeness (QED) is 0.388. The smallest absolute Gasteiger partial charge is 0.543 e. The second kappa shape index (κ2) is 8.49. The number of H-pyrrole nitrogens is 4.